The lowest BCUT2D eigenvalue weighted by Gasteiger charge is -2.26. The number of para-hydroxylation sites is 10. The maximum atomic E-state index is 2.64. The van der Waals surface area contributed by atoms with E-state index in [0.29, 0.717) is 11.8 Å². The zero-order chi connectivity index (χ0) is 96.1. The fourth-order valence-corrected chi connectivity index (χ4v) is 26.0. The van der Waals surface area contributed by atoms with E-state index in [9.17, 15) is 0 Å². The largest absolute Gasteiger partial charge is 0.310 e. The van der Waals surface area contributed by atoms with E-state index >= 15 is 0 Å². The van der Waals surface area contributed by atoms with Crippen LogP contribution in [0.4, 0.5) is 34.1 Å². The molecule has 0 radical (unpaired) electrons. The van der Waals surface area contributed by atoms with E-state index in [4.69, 9.17) is 0 Å². The van der Waals surface area contributed by atoms with Crippen molar-refractivity contribution in [3.63, 3.8) is 0 Å². The van der Waals surface area contributed by atoms with E-state index < -0.39 is 0 Å². The first kappa shape index (κ1) is 82.0. The molecular formula is C138H92N8. The van der Waals surface area contributed by atoms with Crippen LogP contribution in [-0.4, -0.2) is 26.7 Å². The Bertz CT molecular complexity index is 10300. The van der Waals surface area contributed by atoms with Gasteiger partial charge in [0.2, 0.25) is 0 Å². The molecule has 0 N–H and O–H groups in total. The molecule has 8 heteroatoms. The van der Waals surface area contributed by atoms with Crippen LogP contribution in [0.1, 0.15) is 50.7 Å². The molecule has 0 saturated carbocycles. The normalized spacial score (nSPS) is 12.4. The second-order valence-electron chi connectivity index (χ2n) is 40.3. The highest BCUT2D eigenvalue weighted by Gasteiger charge is 2.36. The Kier molecular flexibility index (Phi) is 17.6. The van der Waals surface area contributed by atoms with Crippen molar-refractivity contribution in [2.24, 2.45) is 0 Å². The maximum Gasteiger partial charge on any atom is 0.0641 e. The topological polar surface area (TPSA) is 34.0 Å². The summed E-state index contributed by atoms with van der Waals surface area (Å²) < 4.78 is 15.5. The number of fused-ring (bicyclic) bond motifs is 32. The van der Waals surface area contributed by atoms with Crippen molar-refractivity contribution in [3.8, 4) is 55.9 Å². The minimum atomic E-state index is 0.443. The SMILES string of the molecule is CC(C)c1ccc(N(c2ccccc2)c2ccc3c4cccc5c6c(-c7ccccc7)c7c(c(-c8ccccc8)c6n(c3c2)c45)c2cccc3c4ccc(N(c5ccccc5)c5ccc(C(C)C)cc5)cc4n7c32)cc1.c1ccc(-c2c3c4cccc5c6c7c(ccc6n(c3c(-c3ccccc3)c3c6cccc8c9c%10c(ccc9n(c23)c68)c2ccccc2n%10-c2ccccc2)c45)c2ccccc2n7-c2ccccc2)cc1. The highest BCUT2D eigenvalue weighted by Crippen LogP contribution is 2.60. The van der Waals surface area contributed by atoms with Gasteiger partial charge < -0.3 is 36.5 Å². The van der Waals surface area contributed by atoms with E-state index in [1.807, 2.05) is 0 Å². The van der Waals surface area contributed by atoms with Gasteiger partial charge in [0.1, 0.15) is 0 Å². The Morgan fingerprint density at radius 3 is 0.712 bits per heavy atom. The van der Waals surface area contributed by atoms with Crippen LogP contribution in [-0.2, 0) is 0 Å². The van der Waals surface area contributed by atoms with Crippen molar-refractivity contribution in [1.82, 2.24) is 26.7 Å². The van der Waals surface area contributed by atoms with E-state index in [1.165, 1.54) is 252 Å². The molecule has 32 rings (SSSR count). The molecule has 146 heavy (non-hydrogen) atoms. The first-order valence-corrected chi connectivity index (χ1v) is 51.1. The van der Waals surface area contributed by atoms with Gasteiger partial charge in [-0.3, -0.25) is 0 Å². The summed E-state index contributed by atoms with van der Waals surface area (Å²) in [5.41, 5.74) is 41.1. The number of nitrogens with zero attached hydrogens (tertiary/aromatic N) is 8. The summed E-state index contributed by atoms with van der Waals surface area (Å²) in [6, 6.07) is 176. The average molecular weight is 1860 g/mol. The smallest absolute Gasteiger partial charge is 0.0641 e. The zero-order valence-electron chi connectivity index (χ0n) is 80.8. The van der Waals surface area contributed by atoms with Gasteiger partial charge in [0, 0.05) is 175 Å². The second-order valence-corrected chi connectivity index (χ2v) is 40.3. The number of benzene rings is 22. The Morgan fingerprint density at radius 2 is 0.390 bits per heavy atom. The van der Waals surface area contributed by atoms with Gasteiger partial charge in [-0.1, -0.05) is 380 Å². The van der Waals surface area contributed by atoms with Gasteiger partial charge in [0.15, 0.2) is 0 Å². The van der Waals surface area contributed by atoms with Crippen LogP contribution in [0.3, 0.4) is 0 Å². The summed E-state index contributed by atoms with van der Waals surface area (Å²) in [5.74, 6) is 0.885. The van der Waals surface area contributed by atoms with Crippen LogP contribution >= 0.6 is 0 Å². The van der Waals surface area contributed by atoms with Crippen LogP contribution in [0.2, 0.25) is 0 Å². The van der Waals surface area contributed by atoms with Gasteiger partial charge in [-0.15, -0.1) is 0 Å². The van der Waals surface area contributed by atoms with Gasteiger partial charge in [-0.05, 0) is 167 Å². The van der Waals surface area contributed by atoms with Gasteiger partial charge in [-0.2, -0.15) is 0 Å². The molecule has 0 aliphatic rings. The van der Waals surface area contributed by atoms with Crippen LogP contribution in [0.5, 0.6) is 0 Å². The van der Waals surface area contributed by atoms with Gasteiger partial charge in [0.05, 0.1) is 88.3 Å². The minimum absolute atomic E-state index is 0.443. The molecular weight excluding hydrogens is 1770 g/mol. The first-order chi connectivity index (χ1) is 72.2. The quantitative estimate of drug-likeness (QED) is 0.109. The summed E-state index contributed by atoms with van der Waals surface area (Å²) in [6.07, 6.45) is 0. The number of hydrogen-bond acceptors (Lipinski definition) is 2. The van der Waals surface area contributed by atoms with Gasteiger partial charge in [-0.25, -0.2) is 0 Å². The molecule has 0 fully saturated rings. The molecule has 0 atom stereocenters. The number of rotatable bonds is 14. The molecule has 0 unspecified atom stereocenters. The van der Waals surface area contributed by atoms with Crippen molar-refractivity contribution >= 4 is 230 Å². The molecule has 0 saturated heterocycles. The van der Waals surface area contributed by atoms with Crippen molar-refractivity contribution in [1.29, 1.82) is 0 Å². The highest BCUT2D eigenvalue weighted by atomic mass is 15.2. The first-order valence-electron chi connectivity index (χ1n) is 51.1. The molecule has 32 aromatic rings. The van der Waals surface area contributed by atoms with E-state index in [0.717, 1.165) is 45.5 Å². The predicted octanol–water partition coefficient (Wildman–Crippen LogP) is 38.0. The summed E-state index contributed by atoms with van der Waals surface area (Å²) in [7, 11) is 0. The van der Waals surface area contributed by atoms with Gasteiger partial charge >= 0.3 is 0 Å². The summed E-state index contributed by atoms with van der Waals surface area (Å²) >= 11 is 0. The fourth-order valence-electron chi connectivity index (χ4n) is 26.0. The molecule has 0 amide bonds. The van der Waals surface area contributed by atoms with Crippen molar-refractivity contribution in [2.45, 2.75) is 39.5 Å². The van der Waals surface area contributed by atoms with E-state index in [-0.39, 0.29) is 0 Å². The standard InChI is InChI=1S/C72H54N4.C66H38N4/c1-45(2)47-31-35-53(36-32-47)73(51-23-13-7-14-24-51)55-39-41-57-59-27-17-29-61-67-66(50-21-11-6-12-22-50)72-68(65(49-19-9-5-10-20-49)71(67)75(69(59)61)63(57)43-55)62-30-18-28-60-58-42-40-56(44-64(58)76(72)70(60)62)74(52-25-15-8-16-26-52)54-37-33-48(34-38-54)46(3)4;1-5-19-39(20-6-1)55-59-49-31-17-29-47-58-54(38-36-46-44-28-14-16-34-52(44)68(64(46)58)42-25-11-4-12-26-42)70(61(47)49)66(59)56(40-21-7-2-8-22-40)60-50-32-18-30-48-57-53(69(62(48)50)65(55)60)37-35-45-43-27-13-15-33-51(43)67(63(45)57)41-23-9-3-10-24-41/h5-46H,1-4H3;1-38H. The molecule has 10 heterocycles. The van der Waals surface area contributed by atoms with Crippen LogP contribution in [0.25, 0.3) is 252 Å². The highest BCUT2D eigenvalue weighted by molar-refractivity contribution is 6.43. The molecule has 8 nitrogen and oxygen atoms in total. The molecule has 10 aromatic heterocycles. The summed E-state index contributed by atoms with van der Waals surface area (Å²) in [4.78, 5) is 4.82. The Hall–Kier alpha value is -18.8. The second kappa shape index (κ2) is 31.4. The predicted molar refractivity (Wildman–Crippen MR) is 619 cm³/mol. The molecule has 0 aliphatic heterocycles. The van der Waals surface area contributed by atoms with E-state index in [2.05, 4.69) is 537 Å². The monoisotopic (exact) mass is 1860 g/mol. The molecule has 0 spiro atoms. The average Bonchev–Trinajstić information content (AvgIpc) is 1.48. The maximum absolute atomic E-state index is 2.64. The van der Waals surface area contributed by atoms with Crippen LogP contribution in [0, 0.1) is 0 Å². The van der Waals surface area contributed by atoms with Crippen molar-refractivity contribution in [2.75, 3.05) is 9.80 Å². The summed E-state index contributed by atoms with van der Waals surface area (Å²) in [6.45, 7) is 9.04. The number of anilines is 6. The van der Waals surface area contributed by atoms with Crippen molar-refractivity contribution in [3.05, 3.63) is 484 Å². The lowest BCUT2D eigenvalue weighted by molar-refractivity contribution is 0.866. The third-order valence-corrected chi connectivity index (χ3v) is 32.0. The number of aromatic nitrogens is 6. The van der Waals surface area contributed by atoms with E-state index in [1.54, 1.807) is 0 Å². The van der Waals surface area contributed by atoms with Gasteiger partial charge in [0.25, 0.3) is 0 Å². The van der Waals surface area contributed by atoms with Crippen LogP contribution < -0.4 is 9.80 Å². The fraction of sp³-hybridized carbons (Fsp3) is 0.0435. The number of hydrogen-bond donors (Lipinski definition) is 0. The third kappa shape index (κ3) is 11.4. The summed E-state index contributed by atoms with van der Waals surface area (Å²) in [5, 5.41) is 25.2. The molecule has 684 valence electrons. The zero-order valence-corrected chi connectivity index (χ0v) is 80.8. The van der Waals surface area contributed by atoms with Crippen LogP contribution in [0.15, 0.2) is 473 Å². The van der Waals surface area contributed by atoms with Crippen molar-refractivity contribution < 1.29 is 0 Å². The Balaban J connectivity index is 0.000000133. The third-order valence-electron chi connectivity index (χ3n) is 32.0. The Morgan fingerprint density at radius 1 is 0.158 bits per heavy atom. The molecule has 0 bridgehead atoms. The minimum Gasteiger partial charge on any atom is -0.310 e. The lowest BCUT2D eigenvalue weighted by atomic mass is 9.89. The molecule has 0 aliphatic carbocycles. The lowest BCUT2D eigenvalue weighted by Crippen LogP contribution is -2.10. The molecule has 22 aromatic carbocycles. The Labute approximate surface area is 840 Å².